The fourth-order valence-corrected chi connectivity index (χ4v) is 4.70. The van der Waals surface area contributed by atoms with Crippen molar-refractivity contribution >= 4 is 52.9 Å². The van der Waals surface area contributed by atoms with E-state index in [1.165, 1.54) is 32.8 Å². The van der Waals surface area contributed by atoms with Crippen LogP contribution in [0, 0.1) is 0 Å². The Morgan fingerprint density at radius 3 is 2.09 bits per heavy atom. The Morgan fingerprint density at radius 1 is 0.884 bits per heavy atom. The van der Waals surface area contributed by atoms with Gasteiger partial charge in [0.1, 0.15) is 24.2 Å². The van der Waals surface area contributed by atoms with Gasteiger partial charge in [-0.25, -0.2) is 0 Å². The quantitative estimate of drug-likeness (QED) is 0.156. The second kappa shape index (κ2) is 17.2. The monoisotopic (exact) mass is 621 g/mol. The second-order valence-electron chi connectivity index (χ2n) is 10.4. The highest BCUT2D eigenvalue weighted by molar-refractivity contribution is 6.28. The second-order valence-corrected chi connectivity index (χ2v) is 10.6. The number of carbonyl (C=O) groups excluding carboxylic acids is 7. The number of benzene rings is 1. The van der Waals surface area contributed by atoms with E-state index in [0.29, 0.717) is 19.4 Å². The summed E-state index contributed by atoms with van der Waals surface area (Å²) in [6.45, 7) is 4.61. The van der Waals surface area contributed by atoms with Gasteiger partial charge in [0.15, 0.2) is 5.78 Å². The summed E-state index contributed by atoms with van der Waals surface area (Å²) in [5.74, 6) is -3.96. The van der Waals surface area contributed by atoms with Gasteiger partial charge in [0.05, 0.1) is 25.5 Å². The standard InChI is InChI=1S/C29H40ClN5O8/c1-17(31-24(37)12-13-25(38)43-4)26(39)32-18(2)27(40)33-19(3)29(42)35-14-8-11-22(35)28(41)34-21(23(36)16-30)15-20-9-6-5-7-10-20/h5-7,9-10,17-19,21-22H,8,11-16H2,1-4H3,(H,31,37)(H,32,39)(H,33,40)(H,34,41)/t17-,18+,19-,21-,22-/m0/s1. The molecule has 0 radical (unpaired) electrons. The van der Waals surface area contributed by atoms with E-state index in [-0.39, 0.29) is 30.9 Å². The molecule has 1 fully saturated rings. The number of hydrogen-bond acceptors (Lipinski definition) is 8. The first-order valence-corrected chi connectivity index (χ1v) is 14.6. The van der Waals surface area contributed by atoms with E-state index in [9.17, 15) is 33.6 Å². The molecule has 1 aliphatic rings. The minimum atomic E-state index is -1.05. The van der Waals surface area contributed by atoms with Gasteiger partial charge >= 0.3 is 5.97 Å². The third-order valence-electron chi connectivity index (χ3n) is 6.99. The molecule has 0 aromatic heterocycles. The Bertz CT molecular complexity index is 1180. The average molecular weight is 622 g/mol. The zero-order valence-electron chi connectivity index (χ0n) is 24.8. The number of ketones is 1. The van der Waals surface area contributed by atoms with Crippen LogP contribution in [0.5, 0.6) is 0 Å². The molecule has 236 valence electrons. The largest absolute Gasteiger partial charge is 0.469 e. The molecule has 0 spiro atoms. The lowest BCUT2D eigenvalue weighted by Gasteiger charge is -2.29. The third-order valence-corrected chi connectivity index (χ3v) is 7.26. The summed E-state index contributed by atoms with van der Waals surface area (Å²) < 4.78 is 4.47. The van der Waals surface area contributed by atoms with Gasteiger partial charge < -0.3 is 30.9 Å². The van der Waals surface area contributed by atoms with Crippen molar-refractivity contribution in [3.8, 4) is 0 Å². The molecule has 4 N–H and O–H groups in total. The number of likely N-dealkylation sites (tertiary alicyclic amines) is 1. The van der Waals surface area contributed by atoms with Crippen LogP contribution in [0.2, 0.25) is 0 Å². The fraction of sp³-hybridized carbons (Fsp3) is 0.552. The van der Waals surface area contributed by atoms with E-state index in [1.807, 2.05) is 30.3 Å². The number of rotatable bonds is 15. The molecule has 0 bridgehead atoms. The van der Waals surface area contributed by atoms with Crippen LogP contribution in [0.25, 0.3) is 0 Å². The highest BCUT2D eigenvalue weighted by atomic mass is 35.5. The van der Waals surface area contributed by atoms with Gasteiger partial charge in [-0.3, -0.25) is 33.6 Å². The maximum Gasteiger partial charge on any atom is 0.306 e. The highest BCUT2D eigenvalue weighted by Gasteiger charge is 2.38. The molecule has 1 saturated heterocycles. The molecule has 2 rings (SSSR count). The van der Waals surface area contributed by atoms with Gasteiger partial charge in [-0.1, -0.05) is 30.3 Å². The Hall–Kier alpha value is -4.00. The summed E-state index contributed by atoms with van der Waals surface area (Å²) in [4.78, 5) is 88.6. The van der Waals surface area contributed by atoms with E-state index < -0.39 is 65.7 Å². The SMILES string of the molecule is COC(=O)CCC(=O)N[C@@H](C)C(=O)N[C@H](C)C(=O)N[C@@H](C)C(=O)N1CCC[C@H]1C(=O)N[C@@H](Cc1ccccc1)C(=O)CCl. The van der Waals surface area contributed by atoms with Gasteiger partial charge in [0.2, 0.25) is 29.5 Å². The molecule has 1 heterocycles. The van der Waals surface area contributed by atoms with Gasteiger partial charge in [-0.05, 0) is 45.6 Å². The molecule has 0 aliphatic carbocycles. The number of halogens is 1. The van der Waals surface area contributed by atoms with Crippen LogP contribution in [0.4, 0.5) is 0 Å². The number of esters is 1. The maximum atomic E-state index is 13.2. The number of nitrogens with one attached hydrogen (secondary N) is 4. The normalized spacial score (nSPS) is 17.0. The predicted octanol–water partition coefficient (Wildman–Crippen LogP) is -0.0199. The molecular weight excluding hydrogens is 582 g/mol. The Morgan fingerprint density at radius 2 is 1.49 bits per heavy atom. The smallest absolute Gasteiger partial charge is 0.306 e. The van der Waals surface area contributed by atoms with E-state index in [1.54, 1.807) is 0 Å². The van der Waals surface area contributed by atoms with Crippen LogP contribution in [0.1, 0.15) is 52.0 Å². The summed E-state index contributed by atoms with van der Waals surface area (Å²) in [6, 6.07) is 4.44. The minimum absolute atomic E-state index is 0.138. The first-order valence-electron chi connectivity index (χ1n) is 14.1. The summed E-state index contributed by atoms with van der Waals surface area (Å²) in [7, 11) is 1.20. The summed E-state index contributed by atoms with van der Waals surface area (Å²) in [5, 5.41) is 10.2. The van der Waals surface area contributed by atoms with Crippen molar-refractivity contribution in [1.29, 1.82) is 0 Å². The lowest BCUT2D eigenvalue weighted by atomic mass is 10.0. The molecule has 5 atom stereocenters. The Balaban J connectivity index is 1.92. The molecule has 43 heavy (non-hydrogen) atoms. The summed E-state index contributed by atoms with van der Waals surface area (Å²) >= 11 is 5.78. The van der Waals surface area contributed by atoms with Gasteiger partial charge in [-0.15, -0.1) is 11.6 Å². The molecule has 1 aromatic rings. The molecular formula is C29H40ClN5O8. The lowest BCUT2D eigenvalue weighted by Crippen LogP contribution is -2.57. The van der Waals surface area contributed by atoms with Gasteiger partial charge in [0, 0.05) is 13.0 Å². The molecule has 14 heteroatoms. The molecule has 1 aromatic carbocycles. The van der Waals surface area contributed by atoms with Crippen molar-refractivity contribution in [2.45, 2.75) is 83.1 Å². The number of nitrogens with zero attached hydrogens (tertiary/aromatic N) is 1. The number of amides is 5. The highest BCUT2D eigenvalue weighted by Crippen LogP contribution is 2.19. The minimum Gasteiger partial charge on any atom is -0.469 e. The lowest BCUT2D eigenvalue weighted by molar-refractivity contribution is -0.142. The summed E-state index contributed by atoms with van der Waals surface area (Å²) in [5.41, 5.74) is 0.846. The topological polar surface area (TPSA) is 180 Å². The van der Waals surface area contributed by atoms with Crippen molar-refractivity contribution in [3.63, 3.8) is 0 Å². The maximum absolute atomic E-state index is 13.2. The van der Waals surface area contributed by atoms with Crippen LogP contribution in [0.3, 0.4) is 0 Å². The zero-order chi connectivity index (χ0) is 32.1. The number of carbonyl (C=O) groups is 7. The summed E-state index contributed by atoms with van der Waals surface area (Å²) in [6.07, 6.45) is 0.908. The van der Waals surface area contributed by atoms with Crippen LogP contribution < -0.4 is 21.3 Å². The van der Waals surface area contributed by atoms with Crippen LogP contribution in [0.15, 0.2) is 30.3 Å². The van der Waals surface area contributed by atoms with Crippen molar-refractivity contribution in [3.05, 3.63) is 35.9 Å². The first kappa shape index (κ1) is 35.2. The predicted molar refractivity (Wildman–Crippen MR) is 157 cm³/mol. The van der Waals surface area contributed by atoms with Crippen LogP contribution in [-0.2, 0) is 44.7 Å². The van der Waals surface area contributed by atoms with Crippen LogP contribution in [-0.4, -0.2) is 95.9 Å². The van der Waals surface area contributed by atoms with Crippen molar-refractivity contribution in [2.75, 3.05) is 19.5 Å². The molecule has 0 unspecified atom stereocenters. The van der Waals surface area contributed by atoms with Crippen molar-refractivity contribution < 1.29 is 38.3 Å². The number of Topliss-reactive ketones (excluding diaryl/α,β-unsaturated/α-hetero) is 1. The Labute approximate surface area is 255 Å². The van der Waals surface area contributed by atoms with Crippen LogP contribution >= 0.6 is 11.6 Å². The Kier molecular flexibility index (Phi) is 14.1. The first-order chi connectivity index (χ1) is 20.4. The number of ether oxygens (including phenoxy) is 1. The average Bonchev–Trinajstić information content (AvgIpc) is 3.49. The fourth-order valence-electron chi connectivity index (χ4n) is 4.51. The number of hydrogen-bond donors (Lipinski definition) is 4. The molecule has 0 saturated carbocycles. The zero-order valence-corrected chi connectivity index (χ0v) is 25.6. The number of methoxy groups -OCH3 is 1. The third kappa shape index (κ3) is 11.0. The number of alkyl halides is 1. The molecule has 13 nitrogen and oxygen atoms in total. The van der Waals surface area contributed by atoms with E-state index in [2.05, 4.69) is 26.0 Å². The van der Waals surface area contributed by atoms with E-state index >= 15 is 0 Å². The van der Waals surface area contributed by atoms with Gasteiger partial charge in [-0.2, -0.15) is 0 Å². The van der Waals surface area contributed by atoms with Crippen molar-refractivity contribution in [1.82, 2.24) is 26.2 Å². The molecule has 5 amide bonds. The van der Waals surface area contributed by atoms with E-state index in [0.717, 1.165) is 5.56 Å². The van der Waals surface area contributed by atoms with Crippen molar-refractivity contribution in [2.24, 2.45) is 0 Å². The van der Waals surface area contributed by atoms with Gasteiger partial charge in [0.25, 0.3) is 0 Å². The molecule has 1 aliphatic heterocycles. The van der Waals surface area contributed by atoms with E-state index in [4.69, 9.17) is 11.6 Å².